The molecule has 4 heteroatoms. The normalized spacial score (nSPS) is 10.9. The molecular weight excluding hydrogens is 190 g/mol. The van der Waals surface area contributed by atoms with Crippen molar-refractivity contribution in [3.05, 3.63) is 29.4 Å². The van der Waals surface area contributed by atoms with E-state index in [1.807, 2.05) is 37.6 Å². The third-order valence-corrected chi connectivity index (χ3v) is 2.52. The van der Waals surface area contributed by atoms with E-state index in [-0.39, 0.29) is 0 Å². The summed E-state index contributed by atoms with van der Waals surface area (Å²) in [5.74, 6) is 2.62. The summed E-state index contributed by atoms with van der Waals surface area (Å²) in [5, 5.41) is 0. The van der Waals surface area contributed by atoms with Crippen LogP contribution in [0.2, 0.25) is 0 Å². The van der Waals surface area contributed by atoms with Gasteiger partial charge >= 0.3 is 0 Å². The Morgan fingerprint density at radius 1 is 1.40 bits per heavy atom. The molecule has 0 unspecified atom stereocenters. The van der Waals surface area contributed by atoms with Gasteiger partial charge in [-0.25, -0.2) is 4.98 Å². The second kappa shape index (κ2) is 3.55. The summed E-state index contributed by atoms with van der Waals surface area (Å²) in [7, 11) is 1.95. The summed E-state index contributed by atoms with van der Waals surface area (Å²) < 4.78 is 7.57. The lowest BCUT2D eigenvalue weighted by Gasteiger charge is -2.02. The van der Waals surface area contributed by atoms with Crippen molar-refractivity contribution in [2.45, 2.75) is 20.4 Å². The zero-order valence-electron chi connectivity index (χ0n) is 9.24. The van der Waals surface area contributed by atoms with Gasteiger partial charge in [-0.1, -0.05) is 0 Å². The minimum Gasteiger partial charge on any atom is -0.460 e. The lowest BCUT2D eigenvalue weighted by molar-refractivity contribution is 0.543. The molecule has 0 saturated heterocycles. The lowest BCUT2D eigenvalue weighted by atomic mass is 10.3. The van der Waals surface area contributed by atoms with Crippen LogP contribution in [-0.2, 0) is 13.6 Å². The number of nitrogens with zero attached hydrogens (tertiary/aromatic N) is 2. The van der Waals surface area contributed by atoms with Crippen LogP contribution in [-0.4, -0.2) is 9.55 Å². The van der Waals surface area contributed by atoms with Gasteiger partial charge in [-0.05, 0) is 26.0 Å². The number of nitrogens with two attached hydrogens (primary N) is 1. The molecule has 0 aromatic carbocycles. The van der Waals surface area contributed by atoms with Crippen LogP contribution in [0, 0.1) is 13.8 Å². The highest BCUT2D eigenvalue weighted by Crippen LogP contribution is 2.25. The van der Waals surface area contributed by atoms with Gasteiger partial charge in [0.05, 0.1) is 12.2 Å². The van der Waals surface area contributed by atoms with Crippen molar-refractivity contribution in [1.82, 2.24) is 9.55 Å². The van der Waals surface area contributed by atoms with E-state index in [0.29, 0.717) is 6.54 Å². The van der Waals surface area contributed by atoms with Crippen LogP contribution in [0.1, 0.15) is 17.3 Å². The second-order valence-electron chi connectivity index (χ2n) is 3.64. The number of hydrogen-bond acceptors (Lipinski definition) is 3. The zero-order chi connectivity index (χ0) is 11.0. The lowest BCUT2D eigenvalue weighted by Crippen LogP contribution is -2.05. The van der Waals surface area contributed by atoms with Gasteiger partial charge in [0, 0.05) is 7.05 Å². The van der Waals surface area contributed by atoms with Crippen LogP contribution in [0.3, 0.4) is 0 Å². The van der Waals surface area contributed by atoms with Crippen molar-refractivity contribution in [2.24, 2.45) is 12.8 Å². The molecule has 0 fully saturated rings. The summed E-state index contributed by atoms with van der Waals surface area (Å²) in [4.78, 5) is 4.39. The SMILES string of the molecule is Cc1ccc(-c2c(C)nc(CN)n2C)o1. The topological polar surface area (TPSA) is 57.0 Å². The van der Waals surface area contributed by atoms with Crippen molar-refractivity contribution in [2.75, 3.05) is 0 Å². The molecule has 0 amide bonds. The van der Waals surface area contributed by atoms with Gasteiger partial charge in [0.15, 0.2) is 5.76 Å². The molecule has 0 aliphatic carbocycles. The molecule has 4 nitrogen and oxygen atoms in total. The maximum Gasteiger partial charge on any atom is 0.152 e. The van der Waals surface area contributed by atoms with Crippen LogP contribution in [0.5, 0.6) is 0 Å². The molecule has 2 rings (SSSR count). The van der Waals surface area contributed by atoms with Crippen LogP contribution in [0.15, 0.2) is 16.5 Å². The quantitative estimate of drug-likeness (QED) is 0.812. The molecule has 80 valence electrons. The molecule has 2 aromatic rings. The first kappa shape index (κ1) is 9.98. The molecule has 2 heterocycles. The Kier molecular flexibility index (Phi) is 2.36. The van der Waals surface area contributed by atoms with Gasteiger partial charge in [-0.3, -0.25) is 0 Å². The molecular formula is C11H15N3O. The predicted molar refractivity (Wildman–Crippen MR) is 58.3 cm³/mol. The fraction of sp³-hybridized carbons (Fsp3) is 0.364. The molecule has 2 aromatic heterocycles. The number of aryl methyl sites for hydroxylation is 2. The molecule has 2 N–H and O–H groups in total. The number of rotatable bonds is 2. The molecule has 0 aliphatic rings. The van der Waals surface area contributed by atoms with E-state index in [0.717, 1.165) is 28.7 Å². The van der Waals surface area contributed by atoms with E-state index >= 15 is 0 Å². The fourth-order valence-corrected chi connectivity index (χ4v) is 1.78. The Morgan fingerprint density at radius 2 is 2.13 bits per heavy atom. The van der Waals surface area contributed by atoms with Crippen LogP contribution in [0.4, 0.5) is 0 Å². The van der Waals surface area contributed by atoms with E-state index in [9.17, 15) is 0 Å². The monoisotopic (exact) mass is 205 g/mol. The number of imidazole rings is 1. The molecule has 0 saturated carbocycles. The minimum absolute atomic E-state index is 0.441. The Hall–Kier alpha value is -1.55. The first-order valence-electron chi connectivity index (χ1n) is 4.92. The number of furan rings is 1. The summed E-state index contributed by atoms with van der Waals surface area (Å²) in [6.45, 7) is 4.34. The van der Waals surface area contributed by atoms with Crippen molar-refractivity contribution >= 4 is 0 Å². The molecule has 0 radical (unpaired) electrons. The average molecular weight is 205 g/mol. The van der Waals surface area contributed by atoms with Crippen LogP contribution >= 0.6 is 0 Å². The van der Waals surface area contributed by atoms with Gasteiger partial charge in [0.1, 0.15) is 17.3 Å². The van der Waals surface area contributed by atoms with Crippen molar-refractivity contribution < 1.29 is 4.42 Å². The fourth-order valence-electron chi connectivity index (χ4n) is 1.78. The van der Waals surface area contributed by atoms with Crippen LogP contribution < -0.4 is 5.73 Å². The van der Waals surface area contributed by atoms with Crippen molar-refractivity contribution in [1.29, 1.82) is 0 Å². The Bertz CT molecular complexity index is 482. The Morgan fingerprint density at radius 3 is 2.60 bits per heavy atom. The average Bonchev–Trinajstić information content (AvgIpc) is 2.71. The number of aromatic nitrogens is 2. The van der Waals surface area contributed by atoms with E-state index in [2.05, 4.69) is 4.98 Å². The maximum absolute atomic E-state index is 5.60. The smallest absolute Gasteiger partial charge is 0.152 e. The summed E-state index contributed by atoms with van der Waals surface area (Å²) in [5.41, 5.74) is 7.56. The molecule has 0 aliphatic heterocycles. The summed E-state index contributed by atoms with van der Waals surface area (Å²) >= 11 is 0. The standard InChI is InChI=1S/C11H15N3O/c1-7-4-5-9(15-7)11-8(2)13-10(6-12)14(11)3/h4-5H,6,12H2,1-3H3. The first-order chi connectivity index (χ1) is 7.13. The Balaban J connectivity index is 2.57. The summed E-state index contributed by atoms with van der Waals surface area (Å²) in [6, 6.07) is 3.91. The molecule has 0 spiro atoms. The number of hydrogen-bond donors (Lipinski definition) is 1. The highest BCUT2D eigenvalue weighted by Gasteiger charge is 2.14. The van der Waals surface area contributed by atoms with Gasteiger partial charge in [-0.2, -0.15) is 0 Å². The highest BCUT2D eigenvalue weighted by atomic mass is 16.3. The third-order valence-electron chi connectivity index (χ3n) is 2.52. The molecule has 0 bridgehead atoms. The maximum atomic E-state index is 5.60. The van der Waals surface area contributed by atoms with Gasteiger partial charge in [-0.15, -0.1) is 0 Å². The van der Waals surface area contributed by atoms with Gasteiger partial charge in [0.25, 0.3) is 0 Å². The minimum atomic E-state index is 0.441. The first-order valence-corrected chi connectivity index (χ1v) is 4.92. The van der Waals surface area contributed by atoms with Gasteiger partial charge in [0.2, 0.25) is 0 Å². The summed E-state index contributed by atoms with van der Waals surface area (Å²) in [6.07, 6.45) is 0. The Labute approximate surface area is 88.7 Å². The largest absolute Gasteiger partial charge is 0.460 e. The van der Waals surface area contributed by atoms with E-state index in [1.54, 1.807) is 0 Å². The third kappa shape index (κ3) is 1.57. The van der Waals surface area contributed by atoms with Crippen molar-refractivity contribution in [3.63, 3.8) is 0 Å². The predicted octanol–water partition coefficient (Wildman–Crippen LogP) is 1.76. The van der Waals surface area contributed by atoms with Crippen molar-refractivity contribution in [3.8, 4) is 11.5 Å². The molecule has 15 heavy (non-hydrogen) atoms. The van der Waals surface area contributed by atoms with Crippen LogP contribution in [0.25, 0.3) is 11.5 Å². The molecule has 0 atom stereocenters. The van der Waals surface area contributed by atoms with Gasteiger partial charge < -0.3 is 14.7 Å². The second-order valence-corrected chi connectivity index (χ2v) is 3.64. The van der Waals surface area contributed by atoms with E-state index in [1.165, 1.54) is 0 Å². The highest BCUT2D eigenvalue weighted by molar-refractivity contribution is 5.56. The zero-order valence-corrected chi connectivity index (χ0v) is 9.24. The van der Waals surface area contributed by atoms with E-state index in [4.69, 9.17) is 10.2 Å². The van der Waals surface area contributed by atoms with E-state index < -0.39 is 0 Å².